The molecule has 6 nitrogen and oxygen atoms in total. The molecule has 3 aromatic rings. The first-order valence-corrected chi connectivity index (χ1v) is 7.21. The largest absolute Gasteiger partial charge is 0.422 e. The number of benzene rings is 2. The van der Waals surface area contributed by atoms with E-state index in [0.717, 1.165) is 5.56 Å². The van der Waals surface area contributed by atoms with Gasteiger partial charge in [-0.1, -0.05) is 35.9 Å². The molecule has 7 heteroatoms. The van der Waals surface area contributed by atoms with E-state index in [9.17, 15) is 10.0 Å². The quantitative estimate of drug-likeness (QED) is 0.440. The summed E-state index contributed by atoms with van der Waals surface area (Å²) in [5.74, 6) is -0.0537. The van der Waals surface area contributed by atoms with Crippen LogP contribution in [0.2, 0.25) is 5.02 Å². The second-order valence-corrected chi connectivity index (χ2v) is 5.32. The van der Waals surface area contributed by atoms with Crippen molar-refractivity contribution >= 4 is 34.2 Å². The minimum Gasteiger partial charge on any atom is -0.422 e. The standard InChI is InChI=1S/C16H13ClN4O2/c1-10(11-6-8-12(17)9-7-11)19-20-16-18-14-5-3-2-4-13(14)15(22)21(16)23/h2-9,23H,1H3,(H,18,20). The van der Waals surface area contributed by atoms with Crippen molar-refractivity contribution < 1.29 is 5.21 Å². The minimum atomic E-state index is -0.558. The molecule has 1 heterocycles. The van der Waals surface area contributed by atoms with Gasteiger partial charge in [-0.15, -0.1) is 4.73 Å². The molecule has 0 aliphatic carbocycles. The van der Waals surface area contributed by atoms with Crippen LogP contribution in [0.5, 0.6) is 0 Å². The lowest BCUT2D eigenvalue weighted by atomic mass is 10.1. The minimum absolute atomic E-state index is 0.0537. The zero-order chi connectivity index (χ0) is 16.4. The van der Waals surface area contributed by atoms with Crippen LogP contribution < -0.4 is 11.0 Å². The van der Waals surface area contributed by atoms with Crippen LogP contribution in [0.3, 0.4) is 0 Å². The number of hydrogen-bond acceptors (Lipinski definition) is 5. The Hall–Kier alpha value is -2.86. The highest BCUT2D eigenvalue weighted by atomic mass is 35.5. The molecular formula is C16H13ClN4O2. The van der Waals surface area contributed by atoms with Crippen molar-refractivity contribution in [2.45, 2.75) is 6.92 Å². The summed E-state index contributed by atoms with van der Waals surface area (Å²) in [4.78, 5) is 16.3. The number of para-hydroxylation sites is 1. The maximum Gasteiger partial charge on any atom is 0.295 e. The predicted molar refractivity (Wildman–Crippen MR) is 90.5 cm³/mol. The summed E-state index contributed by atoms with van der Waals surface area (Å²) in [6.45, 7) is 1.79. The zero-order valence-electron chi connectivity index (χ0n) is 12.2. The van der Waals surface area contributed by atoms with Gasteiger partial charge in [-0.2, -0.15) is 5.10 Å². The van der Waals surface area contributed by atoms with E-state index in [4.69, 9.17) is 11.6 Å². The summed E-state index contributed by atoms with van der Waals surface area (Å²) >= 11 is 5.85. The second-order valence-electron chi connectivity index (χ2n) is 4.89. The third-order valence-electron chi connectivity index (χ3n) is 3.34. The van der Waals surface area contributed by atoms with E-state index < -0.39 is 5.56 Å². The average Bonchev–Trinajstić information content (AvgIpc) is 2.57. The Balaban J connectivity index is 1.95. The van der Waals surface area contributed by atoms with Gasteiger partial charge in [0.05, 0.1) is 16.6 Å². The smallest absolute Gasteiger partial charge is 0.295 e. The fourth-order valence-electron chi connectivity index (χ4n) is 2.09. The summed E-state index contributed by atoms with van der Waals surface area (Å²) in [7, 11) is 0. The molecule has 0 spiro atoms. The number of halogens is 1. The Morgan fingerprint density at radius 3 is 2.65 bits per heavy atom. The Labute approximate surface area is 136 Å². The lowest BCUT2D eigenvalue weighted by Crippen LogP contribution is -2.22. The fourth-order valence-corrected chi connectivity index (χ4v) is 2.21. The lowest BCUT2D eigenvalue weighted by molar-refractivity contribution is 0.179. The number of hydrogen-bond donors (Lipinski definition) is 2. The van der Waals surface area contributed by atoms with Crippen molar-refractivity contribution in [3.63, 3.8) is 0 Å². The van der Waals surface area contributed by atoms with Crippen molar-refractivity contribution in [2.24, 2.45) is 5.10 Å². The van der Waals surface area contributed by atoms with Gasteiger partial charge in [0.2, 0.25) is 0 Å². The molecule has 0 radical (unpaired) electrons. The van der Waals surface area contributed by atoms with Gasteiger partial charge in [0, 0.05) is 5.02 Å². The number of aromatic nitrogens is 2. The van der Waals surface area contributed by atoms with Gasteiger partial charge in [-0.3, -0.25) is 4.79 Å². The van der Waals surface area contributed by atoms with Crippen molar-refractivity contribution in [1.82, 2.24) is 9.71 Å². The predicted octanol–water partition coefficient (Wildman–Crippen LogP) is 3.12. The number of fused-ring (bicyclic) bond motifs is 1. The van der Waals surface area contributed by atoms with Crippen molar-refractivity contribution in [3.05, 3.63) is 69.5 Å². The maximum absolute atomic E-state index is 12.1. The van der Waals surface area contributed by atoms with Crippen LogP contribution in [-0.4, -0.2) is 20.6 Å². The van der Waals surface area contributed by atoms with Gasteiger partial charge in [0.25, 0.3) is 11.5 Å². The summed E-state index contributed by atoms with van der Waals surface area (Å²) in [6, 6.07) is 13.9. The normalized spacial score (nSPS) is 11.7. The van der Waals surface area contributed by atoms with Crippen molar-refractivity contribution in [2.75, 3.05) is 5.43 Å². The number of rotatable bonds is 3. The number of anilines is 1. The van der Waals surface area contributed by atoms with Gasteiger partial charge >= 0.3 is 0 Å². The van der Waals surface area contributed by atoms with Gasteiger partial charge in [0.15, 0.2) is 0 Å². The van der Waals surface area contributed by atoms with Gasteiger partial charge in [0.1, 0.15) is 0 Å². The van der Waals surface area contributed by atoms with Crippen LogP contribution in [0.25, 0.3) is 10.9 Å². The Morgan fingerprint density at radius 1 is 1.22 bits per heavy atom. The maximum atomic E-state index is 12.1. The van der Waals surface area contributed by atoms with E-state index in [2.05, 4.69) is 15.5 Å². The van der Waals surface area contributed by atoms with Crippen LogP contribution >= 0.6 is 11.6 Å². The molecule has 0 atom stereocenters. The SMILES string of the molecule is CC(=NNc1nc2ccccc2c(=O)n1O)c1ccc(Cl)cc1. The van der Waals surface area contributed by atoms with E-state index in [1.165, 1.54) is 0 Å². The molecule has 0 amide bonds. The van der Waals surface area contributed by atoms with Gasteiger partial charge < -0.3 is 5.21 Å². The van der Waals surface area contributed by atoms with Gasteiger partial charge in [-0.25, -0.2) is 10.4 Å². The van der Waals surface area contributed by atoms with Gasteiger partial charge in [-0.05, 0) is 36.8 Å². The Kier molecular flexibility index (Phi) is 3.99. The molecule has 0 aliphatic rings. The lowest BCUT2D eigenvalue weighted by Gasteiger charge is -2.07. The first-order valence-electron chi connectivity index (χ1n) is 6.83. The van der Waals surface area contributed by atoms with Crippen LogP contribution in [-0.2, 0) is 0 Å². The highest BCUT2D eigenvalue weighted by molar-refractivity contribution is 6.30. The Bertz CT molecular complexity index is 948. The van der Waals surface area contributed by atoms with Crippen LogP contribution in [0.4, 0.5) is 5.95 Å². The van der Waals surface area contributed by atoms with E-state index >= 15 is 0 Å². The summed E-state index contributed by atoms with van der Waals surface area (Å²) in [5.41, 5.74) is 4.05. The molecule has 0 aliphatic heterocycles. The van der Waals surface area contributed by atoms with Crippen LogP contribution in [0.15, 0.2) is 58.4 Å². The third kappa shape index (κ3) is 3.02. The molecule has 1 aromatic heterocycles. The summed E-state index contributed by atoms with van der Waals surface area (Å²) < 4.78 is 0.445. The highest BCUT2D eigenvalue weighted by Gasteiger charge is 2.09. The average molecular weight is 329 g/mol. The molecule has 0 unspecified atom stereocenters. The van der Waals surface area contributed by atoms with E-state index in [1.807, 2.05) is 12.1 Å². The third-order valence-corrected chi connectivity index (χ3v) is 3.59. The van der Waals surface area contributed by atoms with Crippen molar-refractivity contribution in [3.8, 4) is 0 Å². The monoisotopic (exact) mass is 328 g/mol. The summed E-state index contributed by atoms with van der Waals surface area (Å²) in [6.07, 6.45) is 0. The molecule has 0 fully saturated rings. The van der Waals surface area contributed by atoms with Crippen LogP contribution in [0, 0.1) is 0 Å². The molecular weight excluding hydrogens is 316 g/mol. The topological polar surface area (TPSA) is 79.5 Å². The molecule has 2 aromatic carbocycles. The molecule has 116 valence electrons. The van der Waals surface area contributed by atoms with E-state index in [-0.39, 0.29) is 5.95 Å². The molecule has 2 N–H and O–H groups in total. The van der Waals surface area contributed by atoms with Crippen molar-refractivity contribution in [1.29, 1.82) is 0 Å². The second kappa shape index (κ2) is 6.10. The van der Waals surface area contributed by atoms with E-state index in [0.29, 0.717) is 26.4 Å². The Morgan fingerprint density at radius 2 is 1.91 bits per heavy atom. The molecule has 0 saturated carbocycles. The summed E-state index contributed by atoms with van der Waals surface area (Å²) in [5, 5.41) is 15.0. The molecule has 0 saturated heterocycles. The first kappa shape index (κ1) is 15.1. The number of nitrogens with one attached hydrogen (secondary N) is 1. The van der Waals surface area contributed by atoms with Crippen LogP contribution in [0.1, 0.15) is 12.5 Å². The molecule has 0 bridgehead atoms. The first-order chi connectivity index (χ1) is 11.1. The fraction of sp³-hybridized carbons (Fsp3) is 0.0625. The molecule has 23 heavy (non-hydrogen) atoms. The number of nitrogens with zero attached hydrogens (tertiary/aromatic N) is 3. The number of hydrazone groups is 1. The molecule has 3 rings (SSSR count). The van der Waals surface area contributed by atoms with E-state index in [1.54, 1.807) is 43.3 Å². The zero-order valence-corrected chi connectivity index (χ0v) is 12.9. The highest BCUT2D eigenvalue weighted by Crippen LogP contribution is 2.12.